The van der Waals surface area contributed by atoms with Gasteiger partial charge in [-0.25, -0.2) is 0 Å². The lowest BCUT2D eigenvalue weighted by Crippen LogP contribution is -2.47. The molecule has 96 valence electrons. The van der Waals surface area contributed by atoms with Crippen LogP contribution in [0, 0.1) is 11.8 Å². The van der Waals surface area contributed by atoms with E-state index in [0.717, 1.165) is 12.3 Å². The Morgan fingerprint density at radius 2 is 2.06 bits per heavy atom. The molecule has 0 saturated heterocycles. The second-order valence-electron chi connectivity index (χ2n) is 5.97. The predicted octanol–water partition coefficient (Wildman–Crippen LogP) is 4.51. The third kappa shape index (κ3) is 1.79. The quantitative estimate of drug-likeness (QED) is 0.801. The van der Waals surface area contributed by atoms with Crippen molar-refractivity contribution in [2.45, 2.75) is 38.6 Å². The number of hydrogen-bond donors (Lipinski definition) is 1. The van der Waals surface area contributed by atoms with Crippen molar-refractivity contribution in [3.8, 4) is 0 Å². The molecule has 1 saturated carbocycles. The largest absolute Gasteiger partial charge is 0.321 e. The van der Waals surface area contributed by atoms with Gasteiger partial charge in [-0.3, -0.25) is 0 Å². The van der Waals surface area contributed by atoms with E-state index < -0.39 is 0 Å². The van der Waals surface area contributed by atoms with Gasteiger partial charge in [-0.15, -0.1) is 11.3 Å². The van der Waals surface area contributed by atoms with Crippen LogP contribution in [0.4, 0.5) is 0 Å². The minimum Gasteiger partial charge on any atom is -0.321 e. The second kappa shape index (κ2) is 4.36. The molecule has 0 amide bonds. The highest BCUT2D eigenvalue weighted by molar-refractivity contribution is 7.17. The molecule has 1 aliphatic rings. The first-order valence-corrected chi connectivity index (χ1v) is 7.75. The molecule has 2 aromatic rings. The van der Waals surface area contributed by atoms with Crippen molar-refractivity contribution in [1.82, 2.24) is 0 Å². The highest BCUT2D eigenvalue weighted by atomic mass is 32.1. The fraction of sp³-hybridized carbons (Fsp3) is 0.500. The molecule has 1 aliphatic carbocycles. The smallest absolute Gasteiger partial charge is 0.0452 e. The fourth-order valence-electron chi connectivity index (χ4n) is 3.41. The number of nitrogens with two attached hydrogens (primary N) is 1. The van der Waals surface area contributed by atoms with E-state index >= 15 is 0 Å². The number of benzene rings is 1. The molecule has 0 spiro atoms. The molecule has 1 fully saturated rings. The first kappa shape index (κ1) is 12.2. The second-order valence-corrected chi connectivity index (χ2v) is 6.89. The summed E-state index contributed by atoms with van der Waals surface area (Å²) in [7, 11) is 0. The Hall–Kier alpha value is -0.860. The molecule has 2 N–H and O–H groups in total. The summed E-state index contributed by atoms with van der Waals surface area (Å²) in [6.07, 6.45) is 3.69. The summed E-state index contributed by atoms with van der Waals surface area (Å²) in [6, 6.07) is 8.79. The molecule has 1 aromatic heterocycles. The van der Waals surface area contributed by atoms with Crippen LogP contribution in [0.1, 0.15) is 38.7 Å². The number of rotatable bonds is 1. The van der Waals surface area contributed by atoms with Gasteiger partial charge in [0.2, 0.25) is 0 Å². The summed E-state index contributed by atoms with van der Waals surface area (Å²) in [4.78, 5) is 0. The standard InChI is InChI=1S/C16H21NS/c1-11-6-7-12(2)16(17,10-11)14-5-3-4-13-8-9-18-15(13)14/h3-5,8-9,11-12H,6-7,10,17H2,1-2H3. The van der Waals surface area contributed by atoms with Crippen LogP contribution < -0.4 is 5.73 Å². The minimum atomic E-state index is -0.137. The first-order chi connectivity index (χ1) is 8.61. The Kier molecular flexibility index (Phi) is 2.95. The fourth-order valence-corrected chi connectivity index (χ4v) is 4.41. The summed E-state index contributed by atoms with van der Waals surface area (Å²) in [5, 5.41) is 3.52. The van der Waals surface area contributed by atoms with E-state index in [4.69, 9.17) is 5.73 Å². The summed E-state index contributed by atoms with van der Waals surface area (Å²) in [5.41, 5.74) is 8.08. The molecule has 0 aliphatic heterocycles. The van der Waals surface area contributed by atoms with Gasteiger partial charge in [0.05, 0.1) is 0 Å². The SMILES string of the molecule is CC1CCC(C)C(N)(c2cccc3ccsc23)C1. The average Bonchev–Trinajstić information content (AvgIpc) is 2.82. The van der Waals surface area contributed by atoms with Crippen LogP contribution in [0.2, 0.25) is 0 Å². The maximum atomic E-state index is 6.85. The van der Waals surface area contributed by atoms with E-state index in [1.807, 2.05) is 11.3 Å². The zero-order chi connectivity index (χ0) is 12.8. The Bertz CT molecular complexity index is 559. The molecule has 1 heterocycles. The van der Waals surface area contributed by atoms with Gasteiger partial charge in [0.1, 0.15) is 0 Å². The maximum absolute atomic E-state index is 6.85. The summed E-state index contributed by atoms with van der Waals surface area (Å²) in [5.74, 6) is 1.31. The maximum Gasteiger partial charge on any atom is 0.0452 e. The number of fused-ring (bicyclic) bond motifs is 1. The van der Waals surface area contributed by atoms with Crippen LogP contribution in [0.5, 0.6) is 0 Å². The first-order valence-electron chi connectivity index (χ1n) is 6.87. The Balaban J connectivity index is 2.14. The lowest BCUT2D eigenvalue weighted by Gasteiger charge is -2.43. The van der Waals surface area contributed by atoms with Gasteiger partial charge in [0, 0.05) is 10.2 Å². The van der Waals surface area contributed by atoms with Gasteiger partial charge >= 0.3 is 0 Å². The lowest BCUT2D eigenvalue weighted by atomic mass is 9.67. The van der Waals surface area contributed by atoms with Gasteiger partial charge in [0.15, 0.2) is 0 Å². The van der Waals surface area contributed by atoms with Gasteiger partial charge in [0.25, 0.3) is 0 Å². The van der Waals surface area contributed by atoms with E-state index in [9.17, 15) is 0 Å². The van der Waals surface area contributed by atoms with Crippen LogP contribution in [0.25, 0.3) is 10.1 Å². The Morgan fingerprint density at radius 3 is 2.89 bits per heavy atom. The Labute approximate surface area is 113 Å². The molecule has 1 aromatic carbocycles. The van der Waals surface area contributed by atoms with Crippen molar-refractivity contribution in [3.05, 3.63) is 35.2 Å². The van der Waals surface area contributed by atoms with Gasteiger partial charge < -0.3 is 5.73 Å². The van der Waals surface area contributed by atoms with Crippen LogP contribution in [-0.2, 0) is 5.54 Å². The topological polar surface area (TPSA) is 26.0 Å². The average molecular weight is 259 g/mol. The van der Waals surface area contributed by atoms with E-state index in [1.54, 1.807) is 0 Å². The van der Waals surface area contributed by atoms with Crippen LogP contribution in [0.15, 0.2) is 29.6 Å². The van der Waals surface area contributed by atoms with Crippen molar-refractivity contribution >= 4 is 21.4 Å². The molecule has 1 nitrogen and oxygen atoms in total. The van der Waals surface area contributed by atoms with E-state index in [2.05, 4.69) is 43.5 Å². The summed E-state index contributed by atoms with van der Waals surface area (Å²) in [6.45, 7) is 4.65. The van der Waals surface area contributed by atoms with Crippen molar-refractivity contribution in [2.24, 2.45) is 17.6 Å². The number of hydrogen-bond acceptors (Lipinski definition) is 2. The van der Waals surface area contributed by atoms with Crippen molar-refractivity contribution in [1.29, 1.82) is 0 Å². The summed E-state index contributed by atoms with van der Waals surface area (Å²) < 4.78 is 1.39. The molecule has 3 rings (SSSR count). The van der Waals surface area contributed by atoms with Crippen LogP contribution in [-0.4, -0.2) is 0 Å². The molecule has 3 atom stereocenters. The molecule has 3 unspecified atom stereocenters. The van der Waals surface area contributed by atoms with Gasteiger partial charge in [-0.1, -0.05) is 38.5 Å². The third-order valence-electron chi connectivity index (χ3n) is 4.64. The van der Waals surface area contributed by atoms with Crippen molar-refractivity contribution in [2.75, 3.05) is 0 Å². The number of thiophene rings is 1. The minimum absolute atomic E-state index is 0.137. The molecular formula is C16H21NS. The van der Waals surface area contributed by atoms with Gasteiger partial charge in [-0.05, 0) is 47.1 Å². The van der Waals surface area contributed by atoms with Crippen LogP contribution in [0.3, 0.4) is 0 Å². The predicted molar refractivity (Wildman–Crippen MR) is 79.9 cm³/mol. The highest BCUT2D eigenvalue weighted by Crippen LogP contribution is 2.44. The van der Waals surface area contributed by atoms with E-state index in [0.29, 0.717) is 5.92 Å². The third-order valence-corrected chi connectivity index (χ3v) is 5.60. The zero-order valence-corrected chi connectivity index (χ0v) is 12.0. The van der Waals surface area contributed by atoms with Crippen LogP contribution >= 0.6 is 11.3 Å². The molecule has 2 heteroatoms. The molecule has 0 radical (unpaired) electrons. The lowest BCUT2D eigenvalue weighted by molar-refractivity contribution is 0.163. The molecular weight excluding hydrogens is 238 g/mol. The normalized spacial score (nSPS) is 32.8. The molecule has 0 bridgehead atoms. The van der Waals surface area contributed by atoms with Crippen molar-refractivity contribution in [3.63, 3.8) is 0 Å². The summed E-state index contributed by atoms with van der Waals surface area (Å²) >= 11 is 1.83. The Morgan fingerprint density at radius 1 is 1.22 bits per heavy atom. The monoisotopic (exact) mass is 259 g/mol. The van der Waals surface area contributed by atoms with E-state index in [-0.39, 0.29) is 5.54 Å². The molecule has 18 heavy (non-hydrogen) atoms. The van der Waals surface area contributed by atoms with Gasteiger partial charge in [-0.2, -0.15) is 0 Å². The van der Waals surface area contributed by atoms with E-state index in [1.165, 1.54) is 28.5 Å². The zero-order valence-electron chi connectivity index (χ0n) is 11.1. The highest BCUT2D eigenvalue weighted by Gasteiger charge is 2.39. The van der Waals surface area contributed by atoms with Crippen molar-refractivity contribution < 1.29 is 0 Å².